The van der Waals surface area contributed by atoms with Crippen molar-refractivity contribution in [2.45, 2.75) is 18.5 Å². The van der Waals surface area contributed by atoms with Gasteiger partial charge in [0.05, 0.1) is 33.3 Å². The summed E-state index contributed by atoms with van der Waals surface area (Å²) in [6.45, 7) is 0. The van der Waals surface area contributed by atoms with Crippen LogP contribution in [0.3, 0.4) is 0 Å². The molecule has 0 fully saturated rings. The lowest BCUT2D eigenvalue weighted by Gasteiger charge is -2.17. The summed E-state index contributed by atoms with van der Waals surface area (Å²) in [6.07, 6.45) is -5.09. The first-order valence-electron chi connectivity index (χ1n) is 8.14. The van der Waals surface area contributed by atoms with Crippen LogP contribution in [-0.2, 0) is 17.4 Å². The molecule has 0 aliphatic carbocycles. The number of carboxylic acids is 1. The minimum atomic E-state index is -4.76. The van der Waals surface area contributed by atoms with E-state index < -0.39 is 29.2 Å². The summed E-state index contributed by atoms with van der Waals surface area (Å²) >= 11 is 1.21. The molecule has 1 unspecified atom stereocenters. The van der Waals surface area contributed by atoms with Crippen molar-refractivity contribution in [3.63, 3.8) is 0 Å². The topological polar surface area (TPSA) is 74.0 Å². The van der Waals surface area contributed by atoms with E-state index in [9.17, 15) is 28.3 Å². The van der Waals surface area contributed by atoms with Gasteiger partial charge in [-0.3, -0.25) is 9.78 Å². The number of rotatable bonds is 5. The van der Waals surface area contributed by atoms with Crippen molar-refractivity contribution in [1.82, 2.24) is 4.98 Å². The maximum absolute atomic E-state index is 13.6. The van der Waals surface area contributed by atoms with E-state index in [4.69, 9.17) is 0 Å². The van der Waals surface area contributed by atoms with Gasteiger partial charge >= 0.3 is 12.1 Å². The minimum Gasteiger partial charge on any atom is -0.481 e. The monoisotopic (exact) mass is 402 g/mol. The fraction of sp³-hybridized carbons (Fsp3) is 0.150. The molecule has 142 valence electrons. The first-order chi connectivity index (χ1) is 13.3. The van der Waals surface area contributed by atoms with E-state index in [-0.39, 0.29) is 17.8 Å². The van der Waals surface area contributed by atoms with E-state index in [1.807, 2.05) is 0 Å². The quantitative estimate of drug-likeness (QED) is 0.643. The zero-order valence-corrected chi connectivity index (χ0v) is 15.1. The summed E-state index contributed by atoms with van der Waals surface area (Å²) in [5.74, 6) is -2.33. The van der Waals surface area contributed by atoms with Gasteiger partial charge in [-0.25, -0.2) is 0 Å². The van der Waals surface area contributed by atoms with Crippen LogP contribution in [0.2, 0.25) is 0 Å². The van der Waals surface area contributed by atoms with Crippen LogP contribution in [0.1, 0.15) is 28.3 Å². The Morgan fingerprint density at radius 2 is 1.93 bits per heavy atom. The number of nitriles is 1. The van der Waals surface area contributed by atoms with Crippen LogP contribution in [0.15, 0.2) is 53.9 Å². The number of thiophene rings is 1. The third kappa shape index (κ3) is 4.05. The normalized spacial score (nSPS) is 12.4. The molecule has 0 spiro atoms. The van der Waals surface area contributed by atoms with E-state index in [1.165, 1.54) is 11.3 Å². The SMILES string of the molecule is N#Cc1c(C(F)(F)F)cc(-c2cccs2)nc1CC(C(=O)O)c1ccccc1. The fourth-order valence-corrected chi connectivity index (χ4v) is 3.56. The van der Waals surface area contributed by atoms with E-state index in [2.05, 4.69) is 4.98 Å². The van der Waals surface area contributed by atoms with Crippen molar-refractivity contribution in [3.8, 4) is 16.6 Å². The average molecular weight is 402 g/mol. The van der Waals surface area contributed by atoms with E-state index in [0.717, 1.165) is 6.07 Å². The van der Waals surface area contributed by atoms with Crippen LogP contribution >= 0.6 is 11.3 Å². The van der Waals surface area contributed by atoms with E-state index in [1.54, 1.807) is 53.9 Å². The molecule has 1 atom stereocenters. The van der Waals surface area contributed by atoms with Gasteiger partial charge in [-0.15, -0.1) is 11.3 Å². The van der Waals surface area contributed by atoms with Gasteiger partial charge in [-0.05, 0) is 23.1 Å². The molecule has 0 aliphatic rings. The lowest BCUT2D eigenvalue weighted by Crippen LogP contribution is -2.18. The Balaban J connectivity index is 2.17. The molecule has 1 aromatic carbocycles. The number of nitrogens with zero attached hydrogens (tertiary/aromatic N) is 2. The number of alkyl halides is 3. The highest BCUT2D eigenvalue weighted by molar-refractivity contribution is 7.13. The molecule has 0 saturated heterocycles. The second-order valence-electron chi connectivity index (χ2n) is 5.97. The van der Waals surface area contributed by atoms with Crippen LogP contribution in [0.5, 0.6) is 0 Å². The third-order valence-electron chi connectivity index (χ3n) is 4.18. The number of carbonyl (C=O) groups is 1. The predicted octanol–water partition coefficient (Wildman–Crippen LogP) is 5.11. The molecule has 0 aliphatic heterocycles. The molecule has 8 heteroatoms. The summed E-state index contributed by atoms with van der Waals surface area (Å²) in [7, 11) is 0. The van der Waals surface area contributed by atoms with Crippen molar-refractivity contribution in [2.75, 3.05) is 0 Å². The molecular formula is C20H13F3N2O2S. The summed E-state index contributed by atoms with van der Waals surface area (Å²) < 4.78 is 40.7. The van der Waals surface area contributed by atoms with Crippen molar-refractivity contribution < 1.29 is 23.1 Å². The highest BCUT2D eigenvalue weighted by atomic mass is 32.1. The summed E-state index contributed by atoms with van der Waals surface area (Å²) in [5.41, 5.74) is -1.45. The molecule has 3 aromatic rings. The number of aromatic nitrogens is 1. The van der Waals surface area contributed by atoms with Crippen LogP contribution in [0.4, 0.5) is 13.2 Å². The van der Waals surface area contributed by atoms with Crippen LogP contribution in [-0.4, -0.2) is 16.1 Å². The predicted molar refractivity (Wildman–Crippen MR) is 97.8 cm³/mol. The Kier molecular flexibility index (Phi) is 5.47. The number of pyridine rings is 1. The standard InChI is InChI=1S/C20H13F3N2O2S/c21-20(22,23)15-10-17(18-7-4-8-28-18)25-16(14(15)11-24)9-13(19(26)27)12-5-2-1-3-6-12/h1-8,10,13H,9H2,(H,26,27). The third-order valence-corrected chi connectivity index (χ3v) is 5.08. The highest BCUT2D eigenvalue weighted by Crippen LogP contribution is 2.37. The van der Waals surface area contributed by atoms with Gasteiger partial charge in [0.2, 0.25) is 0 Å². The summed E-state index contributed by atoms with van der Waals surface area (Å²) in [4.78, 5) is 16.5. The van der Waals surface area contributed by atoms with Crippen LogP contribution in [0, 0.1) is 11.3 Å². The molecule has 2 heterocycles. The fourth-order valence-electron chi connectivity index (χ4n) is 2.87. The van der Waals surface area contributed by atoms with Crippen molar-refractivity contribution in [1.29, 1.82) is 5.26 Å². The Bertz CT molecular complexity index is 1030. The smallest absolute Gasteiger partial charge is 0.417 e. The van der Waals surface area contributed by atoms with Gasteiger partial charge in [0.1, 0.15) is 6.07 Å². The lowest BCUT2D eigenvalue weighted by molar-refractivity contribution is -0.138. The maximum atomic E-state index is 13.6. The van der Waals surface area contributed by atoms with Gasteiger partial charge in [0.25, 0.3) is 0 Å². The first kappa shape index (κ1) is 19.6. The van der Waals surface area contributed by atoms with E-state index >= 15 is 0 Å². The van der Waals surface area contributed by atoms with Gasteiger partial charge in [-0.1, -0.05) is 36.4 Å². The molecule has 4 nitrogen and oxygen atoms in total. The molecule has 0 bridgehead atoms. The molecule has 3 rings (SSSR count). The summed E-state index contributed by atoms with van der Waals surface area (Å²) in [6, 6.07) is 13.9. The Hall–Kier alpha value is -3.18. The maximum Gasteiger partial charge on any atom is 0.417 e. The lowest BCUT2D eigenvalue weighted by atomic mass is 9.91. The largest absolute Gasteiger partial charge is 0.481 e. The van der Waals surface area contributed by atoms with Gasteiger partial charge in [-0.2, -0.15) is 18.4 Å². The van der Waals surface area contributed by atoms with Crippen molar-refractivity contribution in [2.24, 2.45) is 0 Å². The molecule has 0 radical (unpaired) electrons. The summed E-state index contributed by atoms with van der Waals surface area (Å²) in [5, 5.41) is 20.7. The molecule has 1 N–H and O–H groups in total. The van der Waals surface area contributed by atoms with Gasteiger partial charge in [0.15, 0.2) is 0 Å². The molecular weight excluding hydrogens is 389 g/mol. The van der Waals surface area contributed by atoms with E-state index in [0.29, 0.717) is 10.4 Å². The Morgan fingerprint density at radius 1 is 1.21 bits per heavy atom. The Morgan fingerprint density at radius 3 is 2.46 bits per heavy atom. The number of aliphatic carboxylic acids is 1. The minimum absolute atomic E-state index is 0.0634. The van der Waals surface area contributed by atoms with Crippen LogP contribution in [0.25, 0.3) is 10.6 Å². The number of benzene rings is 1. The van der Waals surface area contributed by atoms with Crippen molar-refractivity contribution >= 4 is 17.3 Å². The Labute approximate surface area is 162 Å². The van der Waals surface area contributed by atoms with Crippen LogP contribution < -0.4 is 0 Å². The zero-order chi connectivity index (χ0) is 20.3. The molecule has 0 saturated carbocycles. The van der Waals surface area contributed by atoms with Gasteiger partial charge in [0, 0.05) is 6.42 Å². The molecule has 28 heavy (non-hydrogen) atoms. The molecule has 2 aromatic heterocycles. The number of hydrogen-bond donors (Lipinski definition) is 1. The molecule has 0 amide bonds. The number of halogens is 3. The average Bonchev–Trinajstić information content (AvgIpc) is 3.20. The second kappa shape index (κ2) is 7.82. The highest BCUT2D eigenvalue weighted by Gasteiger charge is 2.37. The zero-order valence-electron chi connectivity index (χ0n) is 14.3. The first-order valence-corrected chi connectivity index (χ1v) is 9.02. The van der Waals surface area contributed by atoms with Gasteiger partial charge < -0.3 is 5.11 Å². The number of hydrogen-bond acceptors (Lipinski definition) is 4. The van der Waals surface area contributed by atoms with Crippen molar-refractivity contribution in [3.05, 3.63) is 76.3 Å². The number of carboxylic acid groups (broad SMARTS) is 1. The second-order valence-corrected chi connectivity index (χ2v) is 6.92.